The van der Waals surface area contributed by atoms with Crippen LogP contribution in [-0.2, 0) is 20.6 Å². The van der Waals surface area contributed by atoms with Gasteiger partial charge in [0.2, 0.25) is 15.9 Å². The Labute approximate surface area is 173 Å². The van der Waals surface area contributed by atoms with Crippen LogP contribution in [0.25, 0.3) is 0 Å². The first-order chi connectivity index (χ1) is 13.4. The molecule has 1 saturated carbocycles. The number of hydrogen-bond donors (Lipinski definition) is 1. The molecule has 1 amide bonds. The van der Waals surface area contributed by atoms with E-state index in [4.69, 9.17) is 11.6 Å². The highest BCUT2D eigenvalue weighted by molar-refractivity contribution is 7.88. The maximum absolute atomic E-state index is 12.7. The number of sulfonamides is 1. The highest BCUT2D eigenvalue weighted by Crippen LogP contribution is 2.24. The number of amides is 1. The van der Waals surface area contributed by atoms with Crippen molar-refractivity contribution in [3.63, 3.8) is 0 Å². The Kier molecular flexibility index (Phi) is 7.77. The molecule has 2 aliphatic rings. The van der Waals surface area contributed by atoms with E-state index in [1.165, 1.54) is 36.4 Å². The van der Waals surface area contributed by atoms with Crippen molar-refractivity contribution in [2.45, 2.75) is 69.6 Å². The zero-order chi connectivity index (χ0) is 20.0. The molecule has 1 saturated heterocycles. The maximum Gasteiger partial charge on any atom is 0.223 e. The summed E-state index contributed by atoms with van der Waals surface area (Å²) in [6.45, 7) is 0.831. The van der Waals surface area contributed by atoms with E-state index in [0.717, 1.165) is 18.4 Å². The van der Waals surface area contributed by atoms with Gasteiger partial charge in [-0.25, -0.2) is 12.7 Å². The summed E-state index contributed by atoms with van der Waals surface area (Å²) in [6, 6.07) is 7.19. The molecule has 1 N–H and O–H groups in total. The average Bonchev–Trinajstić information content (AvgIpc) is 2.65. The molecule has 0 radical (unpaired) electrons. The molecule has 3 rings (SSSR count). The average molecular weight is 427 g/mol. The molecule has 5 nitrogen and oxygen atoms in total. The van der Waals surface area contributed by atoms with Gasteiger partial charge in [-0.3, -0.25) is 4.79 Å². The van der Waals surface area contributed by atoms with Gasteiger partial charge in [-0.05, 0) is 43.4 Å². The second kappa shape index (κ2) is 10.1. The summed E-state index contributed by atoms with van der Waals surface area (Å²) in [5.41, 5.74) is 0.730. The second-order valence-electron chi connectivity index (χ2n) is 8.11. The van der Waals surface area contributed by atoms with Gasteiger partial charge in [0.15, 0.2) is 0 Å². The number of rotatable bonds is 5. The summed E-state index contributed by atoms with van der Waals surface area (Å²) in [5.74, 6) is 0.0103. The van der Waals surface area contributed by atoms with E-state index in [-0.39, 0.29) is 17.6 Å². The number of carbonyl (C=O) groups excluding carboxylic acids is 1. The van der Waals surface area contributed by atoms with Crippen molar-refractivity contribution < 1.29 is 13.2 Å². The monoisotopic (exact) mass is 426 g/mol. The zero-order valence-corrected chi connectivity index (χ0v) is 18.0. The number of halogens is 1. The summed E-state index contributed by atoms with van der Waals surface area (Å²) in [4.78, 5) is 12.7. The number of piperidine rings is 1. The van der Waals surface area contributed by atoms with Crippen molar-refractivity contribution in [1.82, 2.24) is 9.62 Å². The van der Waals surface area contributed by atoms with Gasteiger partial charge in [0.05, 0.1) is 5.75 Å². The molecule has 0 unspecified atom stereocenters. The van der Waals surface area contributed by atoms with Gasteiger partial charge in [-0.1, -0.05) is 55.8 Å². The molecule has 7 heteroatoms. The molecule has 1 aliphatic carbocycles. The van der Waals surface area contributed by atoms with Crippen molar-refractivity contribution in [1.29, 1.82) is 0 Å². The summed E-state index contributed by atoms with van der Waals surface area (Å²) < 4.78 is 26.9. The van der Waals surface area contributed by atoms with Crippen molar-refractivity contribution >= 4 is 27.5 Å². The Bertz CT molecular complexity index is 735. The molecule has 0 bridgehead atoms. The Hall–Kier alpha value is -1.11. The number of hydrogen-bond acceptors (Lipinski definition) is 3. The summed E-state index contributed by atoms with van der Waals surface area (Å²) in [7, 11) is -3.38. The topological polar surface area (TPSA) is 66.5 Å². The molecule has 2 fully saturated rings. The van der Waals surface area contributed by atoms with Crippen LogP contribution in [0, 0.1) is 5.92 Å². The number of carbonyl (C=O) groups is 1. The first-order valence-electron chi connectivity index (χ1n) is 10.5. The largest absolute Gasteiger partial charge is 0.353 e. The van der Waals surface area contributed by atoms with Crippen LogP contribution >= 0.6 is 11.6 Å². The van der Waals surface area contributed by atoms with Crippen molar-refractivity contribution in [2.24, 2.45) is 5.92 Å². The fourth-order valence-electron chi connectivity index (χ4n) is 4.20. The molecule has 1 aliphatic heterocycles. The first kappa shape index (κ1) is 21.6. The van der Waals surface area contributed by atoms with Crippen LogP contribution in [0.15, 0.2) is 24.3 Å². The summed E-state index contributed by atoms with van der Waals surface area (Å²) in [5, 5.41) is 3.83. The van der Waals surface area contributed by atoms with Crippen LogP contribution < -0.4 is 5.32 Å². The fourth-order valence-corrected chi connectivity index (χ4v) is 5.89. The van der Waals surface area contributed by atoms with Crippen LogP contribution in [0.5, 0.6) is 0 Å². The third-order valence-corrected chi connectivity index (χ3v) is 8.03. The maximum atomic E-state index is 12.7. The van der Waals surface area contributed by atoms with E-state index in [2.05, 4.69) is 5.32 Å². The Morgan fingerprint density at radius 1 is 0.964 bits per heavy atom. The minimum Gasteiger partial charge on any atom is -0.353 e. The van der Waals surface area contributed by atoms with E-state index in [1.807, 2.05) is 0 Å². The van der Waals surface area contributed by atoms with Gasteiger partial charge in [-0.15, -0.1) is 0 Å². The van der Waals surface area contributed by atoms with Crippen molar-refractivity contribution in [3.8, 4) is 0 Å². The van der Waals surface area contributed by atoms with Gasteiger partial charge < -0.3 is 5.32 Å². The van der Waals surface area contributed by atoms with E-state index in [0.29, 0.717) is 37.0 Å². The van der Waals surface area contributed by atoms with Gasteiger partial charge in [-0.2, -0.15) is 0 Å². The fraction of sp³-hybridized carbons (Fsp3) is 0.667. The molecular weight excluding hydrogens is 396 g/mol. The molecule has 1 aromatic rings. The third-order valence-electron chi connectivity index (χ3n) is 5.93. The first-order valence-corrected chi connectivity index (χ1v) is 12.5. The number of nitrogens with zero attached hydrogens (tertiary/aromatic N) is 1. The zero-order valence-electron chi connectivity index (χ0n) is 16.4. The third kappa shape index (κ3) is 6.19. The van der Waals surface area contributed by atoms with Crippen molar-refractivity contribution in [2.75, 3.05) is 13.1 Å². The molecular formula is C21H31ClN2O3S. The Balaban J connectivity index is 1.48. The van der Waals surface area contributed by atoms with E-state index < -0.39 is 10.0 Å². The lowest BCUT2D eigenvalue weighted by Gasteiger charge is -2.32. The minimum atomic E-state index is -3.38. The highest BCUT2D eigenvalue weighted by Gasteiger charge is 2.31. The van der Waals surface area contributed by atoms with E-state index in [9.17, 15) is 13.2 Å². The highest BCUT2D eigenvalue weighted by atomic mass is 35.5. The van der Waals surface area contributed by atoms with Crippen LogP contribution in [0.3, 0.4) is 0 Å². The number of benzene rings is 1. The smallest absolute Gasteiger partial charge is 0.223 e. The molecule has 28 heavy (non-hydrogen) atoms. The van der Waals surface area contributed by atoms with Crippen molar-refractivity contribution in [3.05, 3.63) is 34.9 Å². The van der Waals surface area contributed by atoms with Gasteiger partial charge >= 0.3 is 0 Å². The number of nitrogens with one attached hydrogen (secondary N) is 1. The lowest BCUT2D eigenvalue weighted by atomic mass is 9.94. The van der Waals surface area contributed by atoms with Gasteiger partial charge in [0.1, 0.15) is 0 Å². The summed E-state index contributed by atoms with van der Waals surface area (Å²) in [6.07, 6.45) is 9.53. The quantitative estimate of drug-likeness (QED) is 0.770. The summed E-state index contributed by atoms with van der Waals surface area (Å²) >= 11 is 5.87. The lowest BCUT2D eigenvalue weighted by molar-refractivity contribution is -0.127. The lowest BCUT2D eigenvalue weighted by Crippen LogP contribution is -2.45. The van der Waals surface area contributed by atoms with Gasteiger partial charge in [0.25, 0.3) is 0 Å². The predicted molar refractivity (Wildman–Crippen MR) is 113 cm³/mol. The standard InChI is InChI=1S/C21H31ClN2O3S/c22-19-10-8-17(9-11-19)16-28(26,27)24-14-12-18(13-15-24)21(25)23-20-6-4-2-1-3-5-7-20/h8-11,18,20H,1-7,12-16H2,(H,23,25). The SMILES string of the molecule is O=C(NC1CCCCCCC1)C1CCN(S(=O)(=O)Cc2ccc(Cl)cc2)CC1. The van der Waals surface area contributed by atoms with E-state index in [1.54, 1.807) is 24.3 Å². The Morgan fingerprint density at radius 2 is 1.54 bits per heavy atom. The molecule has 0 atom stereocenters. The molecule has 0 aromatic heterocycles. The predicted octanol–water partition coefficient (Wildman–Crippen LogP) is 4.11. The van der Waals surface area contributed by atoms with Crippen LogP contribution in [0.2, 0.25) is 5.02 Å². The van der Waals surface area contributed by atoms with Gasteiger partial charge in [0, 0.05) is 30.1 Å². The Morgan fingerprint density at radius 3 is 2.14 bits per heavy atom. The van der Waals surface area contributed by atoms with Crippen LogP contribution in [-0.4, -0.2) is 37.8 Å². The second-order valence-corrected chi connectivity index (χ2v) is 10.5. The van der Waals surface area contributed by atoms with E-state index >= 15 is 0 Å². The molecule has 0 spiro atoms. The van der Waals surface area contributed by atoms with Crippen LogP contribution in [0.1, 0.15) is 63.4 Å². The molecule has 156 valence electrons. The molecule has 1 aromatic carbocycles. The van der Waals surface area contributed by atoms with Crippen LogP contribution in [0.4, 0.5) is 0 Å². The minimum absolute atomic E-state index is 0.0247. The normalized spacial score (nSPS) is 21.0. The molecule has 1 heterocycles.